The van der Waals surface area contributed by atoms with Crippen molar-refractivity contribution in [2.75, 3.05) is 31.5 Å². The number of carbonyl (C=O) groups excluding carboxylic acids is 1. The van der Waals surface area contributed by atoms with Gasteiger partial charge in [0.2, 0.25) is 0 Å². The van der Waals surface area contributed by atoms with Gasteiger partial charge in [-0.15, -0.1) is 0 Å². The number of aromatic nitrogens is 1. The minimum atomic E-state index is -0.527. The van der Waals surface area contributed by atoms with Gasteiger partial charge < -0.3 is 20.6 Å². The molecule has 0 bridgehead atoms. The van der Waals surface area contributed by atoms with Gasteiger partial charge in [0.25, 0.3) is 0 Å². The van der Waals surface area contributed by atoms with Crippen LogP contribution < -0.4 is 10.6 Å². The fraction of sp³-hybridized carbons (Fsp3) is 0.538. The second-order valence-electron chi connectivity index (χ2n) is 4.73. The van der Waals surface area contributed by atoms with E-state index in [1.807, 2.05) is 0 Å². The highest BCUT2D eigenvalue weighted by molar-refractivity contribution is 5.89. The van der Waals surface area contributed by atoms with Gasteiger partial charge in [0, 0.05) is 31.2 Å². The summed E-state index contributed by atoms with van der Waals surface area (Å²) in [6.07, 6.45) is 5.09. The molecule has 1 unspecified atom stereocenters. The quantitative estimate of drug-likeness (QED) is 0.730. The Morgan fingerprint density at radius 1 is 1.37 bits per heavy atom. The molecule has 104 valence electrons. The summed E-state index contributed by atoms with van der Waals surface area (Å²) in [5.41, 5.74) is 0.682. The molecule has 1 fully saturated rings. The topological polar surface area (TPSA) is 77.5 Å². The van der Waals surface area contributed by atoms with E-state index in [0.717, 1.165) is 13.1 Å². The van der Waals surface area contributed by atoms with Crippen LogP contribution in [0, 0.1) is 0 Å². The van der Waals surface area contributed by atoms with Crippen molar-refractivity contribution >= 4 is 11.7 Å². The second kappa shape index (κ2) is 7.06. The van der Waals surface area contributed by atoms with E-state index in [1.165, 1.54) is 12.8 Å². The highest BCUT2D eigenvalue weighted by atomic mass is 16.3. The third-order valence-electron chi connectivity index (χ3n) is 3.10. The Morgan fingerprint density at radius 2 is 2.05 bits per heavy atom. The number of anilines is 1. The van der Waals surface area contributed by atoms with Gasteiger partial charge >= 0.3 is 6.03 Å². The van der Waals surface area contributed by atoms with Crippen LogP contribution in [0.1, 0.15) is 12.8 Å². The SMILES string of the molecule is O=C(NCC(O)CN1CCCC1)Nc1ccncc1. The molecule has 1 aliphatic heterocycles. The largest absolute Gasteiger partial charge is 0.390 e. The van der Waals surface area contributed by atoms with Crippen LogP contribution in [-0.4, -0.2) is 53.3 Å². The van der Waals surface area contributed by atoms with Crippen LogP contribution in [0.2, 0.25) is 0 Å². The van der Waals surface area contributed by atoms with E-state index in [0.29, 0.717) is 12.2 Å². The van der Waals surface area contributed by atoms with Gasteiger partial charge in [0.1, 0.15) is 0 Å². The Kier molecular flexibility index (Phi) is 5.11. The molecule has 6 nitrogen and oxygen atoms in total. The summed E-state index contributed by atoms with van der Waals surface area (Å²) < 4.78 is 0. The lowest BCUT2D eigenvalue weighted by Gasteiger charge is -2.19. The van der Waals surface area contributed by atoms with E-state index < -0.39 is 6.10 Å². The van der Waals surface area contributed by atoms with Crippen LogP contribution in [-0.2, 0) is 0 Å². The molecule has 1 aromatic heterocycles. The molecule has 1 aromatic rings. The smallest absolute Gasteiger partial charge is 0.319 e. The van der Waals surface area contributed by atoms with E-state index >= 15 is 0 Å². The molecule has 1 saturated heterocycles. The summed E-state index contributed by atoms with van der Waals surface area (Å²) in [7, 11) is 0. The molecule has 2 rings (SSSR count). The first kappa shape index (κ1) is 13.8. The summed E-state index contributed by atoms with van der Waals surface area (Å²) in [5, 5.41) is 15.2. The first-order chi connectivity index (χ1) is 9.24. The number of hydrogen-bond donors (Lipinski definition) is 3. The molecule has 0 saturated carbocycles. The Labute approximate surface area is 112 Å². The minimum absolute atomic E-state index is 0.257. The fourth-order valence-corrected chi connectivity index (χ4v) is 2.15. The maximum Gasteiger partial charge on any atom is 0.319 e. The maximum absolute atomic E-state index is 11.6. The van der Waals surface area contributed by atoms with Crippen molar-refractivity contribution in [3.05, 3.63) is 24.5 Å². The number of pyridine rings is 1. The number of urea groups is 1. The van der Waals surface area contributed by atoms with Crippen molar-refractivity contribution in [3.8, 4) is 0 Å². The van der Waals surface area contributed by atoms with Crippen LogP contribution >= 0.6 is 0 Å². The molecule has 3 N–H and O–H groups in total. The number of nitrogens with zero attached hydrogens (tertiary/aromatic N) is 2. The molecule has 0 spiro atoms. The average Bonchev–Trinajstić information content (AvgIpc) is 2.90. The summed E-state index contributed by atoms with van der Waals surface area (Å²) >= 11 is 0. The van der Waals surface area contributed by atoms with Crippen LogP contribution in [0.4, 0.5) is 10.5 Å². The minimum Gasteiger partial charge on any atom is -0.390 e. The number of aliphatic hydroxyl groups is 1. The van der Waals surface area contributed by atoms with Crippen molar-refractivity contribution in [2.45, 2.75) is 18.9 Å². The van der Waals surface area contributed by atoms with Gasteiger partial charge in [0.05, 0.1) is 6.10 Å². The predicted octanol–water partition coefficient (Wildman–Crippen LogP) is 0.660. The number of hydrogen-bond acceptors (Lipinski definition) is 4. The third kappa shape index (κ3) is 4.84. The van der Waals surface area contributed by atoms with E-state index in [9.17, 15) is 9.90 Å². The summed E-state index contributed by atoms with van der Waals surface area (Å²) in [5.74, 6) is 0. The first-order valence-corrected chi connectivity index (χ1v) is 6.59. The molecule has 2 amide bonds. The summed E-state index contributed by atoms with van der Waals surface area (Å²) in [4.78, 5) is 17.7. The summed E-state index contributed by atoms with van der Waals surface area (Å²) in [6.45, 7) is 2.96. The van der Waals surface area contributed by atoms with Gasteiger partial charge in [-0.05, 0) is 38.1 Å². The number of rotatable bonds is 5. The van der Waals surface area contributed by atoms with Crippen molar-refractivity contribution in [1.29, 1.82) is 0 Å². The van der Waals surface area contributed by atoms with E-state index in [4.69, 9.17) is 0 Å². The summed E-state index contributed by atoms with van der Waals surface area (Å²) in [6, 6.07) is 3.10. The third-order valence-corrected chi connectivity index (χ3v) is 3.10. The zero-order chi connectivity index (χ0) is 13.5. The van der Waals surface area contributed by atoms with E-state index in [-0.39, 0.29) is 12.6 Å². The monoisotopic (exact) mass is 264 g/mol. The Balaban J connectivity index is 1.65. The molecule has 1 aliphatic rings. The van der Waals surface area contributed by atoms with Gasteiger partial charge in [0.15, 0.2) is 0 Å². The lowest BCUT2D eigenvalue weighted by atomic mass is 10.3. The fourth-order valence-electron chi connectivity index (χ4n) is 2.15. The maximum atomic E-state index is 11.6. The van der Waals surface area contributed by atoms with Crippen molar-refractivity contribution in [3.63, 3.8) is 0 Å². The Morgan fingerprint density at radius 3 is 2.74 bits per heavy atom. The van der Waals surface area contributed by atoms with Gasteiger partial charge in [-0.2, -0.15) is 0 Å². The number of β-amino-alcohol motifs (C(OH)–C–C–N with tert-alkyl or cyclic N) is 1. The number of aliphatic hydroxyl groups excluding tert-OH is 1. The second-order valence-corrected chi connectivity index (χ2v) is 4.73. The molecular formula is C13H20N4O2. The normalized spacial score (nSPS) is 17.1. The molecule has 0 aromatic carbocycles. The Bertz CT molecular complexity index is 393. The van der Waals surface area contributed by atoms with Crippen molar-refractivity contribution in [1.82, 2.24) is 15.2 Å². The van der Waals surface area contributed by atoms with Gasteiger partial charge in [-0.3, -0.25) is 4.98 Å². The molecular weight excluding hydrogens is 244 g/mol. The van der Waals surface area contributed by atoms with Gasteiger partial charge in [-0.1, -0.05) is 0 Å². The van der Waals surface area contributed by atoms with E-state index in [1.54, 1.807) is 24.5 Å². The number of nitrogens with one attached hydrogen (secondary N) is 2. The number of likely N-dealkylation sites (tertiary alicyclic amines) is 1. The molecule has 1 atom stereocenters. The van der Waals surface area contributed by atoms with Crippen molar-refractivity contribution in [2.24, 2.45) is 0 Å². The van der Waals surface area contributed by atoms with E-state index in [2.05, 4.69) is 20.5 Å². The first-order valence-electron chi connectivity index (χ1n) is 6.59. The number of amides is 2. The average molecular weight is 264 g/mol. The zero-order valence-electron chi connectivity index (χ0n) is 10.9. The highest BCUT2D eigenvalue weighted by Crippen LogP contribution is 2.07. The van der Waals surface area contributed by atoms with Crippen LogP contribution in [0.25, 0.3) is 0 Å². The molecule has 19 heavy (non-hydrogen) atoms. The molecule has 2 heterocycles. The number of carbonyl (C=O) groups is 1. The lowest BCUT2D eigenvalue weighted by Crippen LogP contribution is -2.40. The van der Waals surface area contributed by atoms with Gasteiger partial charge in [-0.25, -0.2) is 4.79 Å². The molecule has 6 heteroatoms. The predicted molar refractivity (Wildman–Crippen MR) is 72.9 cm³/mol. The lowest BCUT2D eigenvalue weighted by molar-refractivity contribution is 0.125. The van der Waals surface area contributed by atoms with Crippen LogP contribution in [0.3, 0.4) is 0 Å². The molecule has 0 aliphatic carbocycles. The Hall–Kier alpha value is -1.66. The van der Waals surface area contributed by atoms with Crippen LogP contribution in [0.15, 0.2) is 24.5 Å². The highest BCUT2D eigenvalue weighted by Gasteiger charge is 2.16. The molecule has 0 radical (unpaired) electrons. The van der Waals surface area contributed by atoms with Crippen molar-refractivity contribution < 1.29 is 9.90 Å². The zero-order valence-corrected chi connectivity index (χ0v) is 10.9. The standard InChI is InChI=1S/C13H20N4O2/c18-12(10-17-7-1-2-8-17)9-15-13(19)16-11-3-5-14-6-4-11/h3-6,12,18H,1-2,7-10H2,(H2,14,15,16,19). The van der Waals surface area contributed by atoms with Crippen LogP contribution in [0.5, 0.6) is 0 Å².